The average molecular weight is 224 g/mol. The molecule has 0 fully saturated rings. The Labute approximate surface area is 92.6 Å². The molecule has 2 nitrogen and oxygen atoms in total. The SMILES string of the molecule is CC(C)(C)[Si](C)(C)c1ccc(O)c(O)c1. The van der Waals surface area contributed by atoms with Gasteiger partial charge in [0, 0.05) is 0 Å². The molecule has 0 unspecified atom stereocenters. The summed E-state index contributed by atoms with van der Waals surface area (Å²) in [5.74, 6) is -0.0604. The van der Waals surface area contributed by atoms with Gasteiger partial charge in [-0.15, -0.1) is 0 Å². The van der Waals surface area contributed by atoms with Gasteiger partial charge in [-0.1, -0.05) is 45.1 Å². The van der Waals surface area contributed by atoms with E-state index >= 15 is 0 Å². The van der Waals surface area contributed by atoms with Crippen LogP contribution in [-0.2, 0) is 0 Å². The van der Waals surface area contributed by atoms with Crippen LogP contribution < -0.4 is 5.19 Å². The van der Waals surface area contributed by atoms with Gasteiger partial charge < -0.3 is 10.2 Å². The maximum Gasteiger partial charge on any atom is 0.157 e. The maximum atomic E-state index is 9.50. The fourth-order valence-corrected chi connectivity index (χ4v) is 3.21. The van der Waals surface area contributed by atoms with E-state index in [0.717, 1.165) is 0 Å². The molecule has 3 heteroatoms. The summed E-state index contributed by atoms with van der Waals surface area (Å²) >= 11 is 0. The summed E-state index contributed by atoms with van der Waals surface area (Å²) in [5, 5.41) is 20.2. The number of rotatable bonds is 1. The van der Waals surface area contributed by atoms with Crippen molar-refractivity contribution in [1.29, 1.82) is 0 Å². The second-order valence-corrected chi connectivity index (χ2v) is 10.9. The molecule has 1 aromatic carbocycles. The van der Waals surface area contributed by atoms with Crippen LogP contribution in [0.5, 0.6) is 11.5 Å². The molecule has 0 heterocycles. The van der Waals surface area contributed by atoms with E-state index < -0.39 is 8.07 Å². The minimum Gasteiger partial charge on any atom is -0.504 e. The Morgan fingerprint density at radius 1 is 1.00 bits per heavy atom. The highest BCUT2D eigenvalue weighted by molar-refractivity contribution is 6.92. The van der Waals surface area contributed by atoms with Crippen molar-refractivity contribution < 1.29 is 10.2 Å². The highest BCUT2D eigenvalue weighted by atomic mass is 28.3. The van der Waals surface area contributed by atoms with Crippen LogP contribution in [0.15, 0.2) is 18.2 Å². The number of hydrogen-bond donors (Lipinski definition) is 2. The van der Waals surface area contributed by atoms with Crippen LogP contribution >= 0.6 is 0 Å². The Balaban J connectivity index is 3.22. The lowest BCUT2D eigenvalue weighted by molar-refractivity contribution is 0.404. The number of phenols is 2. The van der Waals surface area contributed by atoms with Crippen molar-refractivity contribution in [2.45, 2.75) is 38.9 Å². The first-order valence-corrected chi connectivity index (χ1v) is 8.19. The van der Waals surface area contributed by atoms with Crippen LogP contribution in [0.4, 0.5) is 0 Å². The molecule has 0 aliphatic rings. The first kappa shape index (κ1) is 12.1. The predicted octanol–water partition coefficient (Wildman–Crippen LogP) is 2.81. The zero-order valence-electron chi connectivity index (χ0n) is 10.1. The minimum atomic E-state index is -1.61. The molecule has 15 heavy (non-hydrogen) atoms. The topological polar surface area (TPSA) is 40.5 Å². The van der Waals surface area contributed by atoms with E-state index in [1.54, 1.807) is 12.1 Å². The van der Waals surface area contributed by atoms with Crippen LogP contribution in [0.2, 0.25) is 18.1 Å². The largest absolute Gasteiger partial charge is 0.504 e. The highest BCUT2D eigenvalue weighted by Gasteiger charge is 2.36. The standard InChI is InChI=1S/C12H20O2Si/c1-12(2,3)15(4,5)9-6-7-10(13)11(14)8-9/h6-8,13-14H,1-5H3. The minimum absolute atomic E-state index is 0.0164. The molecule has 0 saturated heterocycles. The summed E-state index contributed by atoms with van der Waals surface area (Å²) in [6.07, 6.45) is 0. The molecule has 0 amide bonds. The molecule has 2 N–H and O–H groups in total. The smallest absolute Gasteiger partial charge is 0.157 e. The Morgan fingerprint density at radius 2 is 1.53 bits per heavy atom. The van der Waals surface area contributed by atoms with Gasteiger partial charge in [-0.2, -0.15) is 0 Å². The fourth-order valence-electron chi connectivity index (χ4n) is 1.35. The Bertz CT molecular complexity index is 364. The molecule has 0 aromatic heterocycles. The highest BCUT2D eigenvalue weighted by Crippen LogP contribution is 2.36. The second-order valence-electron chi connectivity index (χ2n) is 5.58. The molecule has 0 atom stereocenters. The maximum absolute atomic E-state index is 9.50. The third-order valence-electron chi connectivity index (χ3n) is 3.57. The van der Waals surface area contributed by atoms with Gasteiger partial charge in [0.15, 0.2) is 11.5 Å². The first-order chi connectivity index (χ1) is 6.66. The van der Waals surface area contributed by atoms with Gasteiger partial charge in [0.1, 0.15) is 0 Å². The second kappa shape index (κ2) is 3.56. The van der Waals surface area contributed by atoms with Crippen LogP contribution in [0.25, 0.3) is 0 Å². The van der Waals surface area contributed by atoms with Crippen LogP contribution in [0, 0.1) is 0 Å². The third-order valence-corrected chi connectivity index (χ3v) is 9.08. The number of phenolic OH excluding ortho intramolecular Hbond substituents is 2. The first-order valence-electron chi connectivity index (χ1n) is 5.19. The van der Waals surface area contributed by atoms with Gasteiger partial charge in [-0.05, 0) is 17.2 Å². The lowest BCUT2D eigenvalue weighted by atomic mass is 10.2. The Kier molecular flexibility index (Phi) is 2.87. The molecule has 0 bridgehead atoms. The van der Waals surface area contributed by atoms with Gasteiger partial charge in [-0.3, -0.25) is 0 Å². The summed E-state index contributed by atoms with van der Waals surface area (Å²) in [5.41, 5.74) is 0. The van der Waals surface area contributed by atoms with Crippen molar-refractivity contribution in [3.8, 4) is 11.5 Å². The van der Waals surface area contributed by atoms with Gasteiger partial charge >= 0.3 is 0 Å². The summed E-state index contributed by atoms with van der Waals surface area (Å²) in [6.45, 7) is 11.2. The lowest BCUT2D eigenvalue weighted by Crippen LogP contribution is -2.49. The summed E-state index contributed by atoms with van der Waals surface area (Å²) in [6, 6.07) is 5.20. The predicted molar refractivity (Wildman–Crippen MR) is 66.6 cm³/mol. The normalized spacial score (nSPS) is 12.9. The molecular formula is C12H20O2Si. The quantitative estimate of drug-likeness (QED) is 0.569. The van der Waals surface area contributed by atoms with Gasteiger partial charge in [-0.25, -0.2) is 0 Å². The molecule has 1 aromatic rings. The van der Waals surface area contributed by atoms with E-state index in [2.05, 4.69) is 33.9 Å². The third kappa shape index (κ3) is 2.17. The monoisotopic (exact) mass is 224 g/mol. The van der Waals surface area contributed by atoms with Crippen LogP contribution in [0.1, 0.15) is 20.8 Å². The van der Waals surface area contributed by atoms with E-state index in [-0.39, 0.29) is 16.5 Å². The Hall–Kier alpha value is -0.963. The van der Waals surface area contributed by atoms with Crippen molar-refractivity contribution in [3.63, 3.8) is 0 Å². The van der Waals surface area contributed by atoms with E-state index in [0.29, 0.717) is 0 Å². The van der Waals surface area contributed by atoms with Crippen LogP contribution in [-0.4, -0.2) is 18.3 Å². The van der Waals surface area contributed by atoms with E-state index in [4.69, 9.17) is 0 Å². The van der Waals surface area contributed by atoms with E-state index in [9.17, 15) is 10.2 Å². The lowest BCUT2D eigenvalue weighted by Gasteiger charge is -2.37. The van der Waals surface area contributed by atoms with Gasteiger partial charge in [0.25, 0.3) is 0 Å². The van der Waals surface area contributed by atoms with Crippen molar-refractivity contribution in [1.82, 2.24) is 0 Å². The number of hydrogen-bond acceptors (Lipinski definition) is 2. The molecule has 0 radical (unpaired) electrons. The molecule has 0 saturated carbocycles. The summed E-state index contributed by atoms with van der Waals surface area (Å²) in [4.78, 5) is 0. The number of benzene rings is 1. The molecule has 84 valence electrons. The van der Waals surface area contributed by atoms with E-state index in [1.807, 2.05) is 6.07 Å². The average Bonchev–Trinajstić information content (AvgIpc) is 2.07. The van der Waals surface area contributed by atoms with Crippen molar-refractivity contribution in [2.24, 2.45) is 0 Å². The molecule has 0 aliphatic heterocycles. The van der Waals surface area contributed by atoms with Crippen molar-refractivity contribution >= 4 is 13.3 Å². The molecule has 0 spiro atoms. The van der Waals surface area contributed by atoms with Gasteiger partial charge in [0.2, 0.25) is 0 Å². The molecular weight excluding hydrogens is 204 g/mol. The van der Waals surface area contributed by atoms with Crippen molar-refractivity contribution in [3.05, 3.63) is 18.2 Å². The van der Waals surface area contributed by atoms with Crippen molar-refractivity contribution in [2.75, 3.05) is 0 Å². The summed E-state index contributed by atoms with van der Waals surface area (Å²) < 4.78 is 0. The molecule has 1 rings (SSSR count). The summed E-state index contributed by atoms with van der Waals surface area (Å²) in [7, 11) is -1.61. The number of aromatic hydroxyl groups is 2. The Morgan fingerprint density at radius 3 is 1.93 bits per heavy atom. The van der Waals surface area contributed by atoms with Gasteiger partial charge in [0.05, 0.1) is 8.07 Å². The zero-order valence-corrected chi connectivity index (χ0v) is 11.1. The van der Waals surface area contributed by atoms with E-state index in [1.165, 1.54) is 5.19 Å². The molecule has 0 aliphatic carbocycles. The van der Waals surface area contributed by atoms with Crippen LogP contribution in [0.3, 0.4) is 0 Å². The zero-order chi connectivity index (χ0) is 11.9. The fraction of sp³-hybridized carbons (Fsp3) is 0.500.